The molecule has 0 aliphatic carbocycles. The monoisotopic (exact) mass is 342 g/mol. The third kappa shape index (κ3) is 5.37. The SMILES string of the molecule is CC(C)c1ccc(/C=C/CN2CCC(N3CCN(C)CC3)CC2)nc1. The van der Waals surface area contributed by atoms with Gasteiger partial charge in [-0.25, -0.2) is 0 Å². The standard InChI is InChI=1S/C21H34N4/c1-18(2)19-6-7-20(22-17-19)5-4-10-24-11-8-21(9-12-24)25-15-13-23(3)14-16-25/h4-7,17-18,21H,8-16H2,1-3H3/b5-4+. The van der Waals surface area contributed by atoms with Crippen LogP contribution in [0.4, 0.5) is 0 Å². The Bertz CT molecular complexity index is 536. The molecule has 3 heterocycles. The van der Waals surface area contributed by atoms with E-state index in [0.29, 0.717) is 5.92 Å². The number of rotatable bonds is 5. The molecule has 1 aromatic heterocycles. The van der Waals surface area contributed by atoms with Gasteiger partial charge in [0.15, 0.2) is 0 Å². The number of nitrogens with zero attached hydrogens (tertiary/aromatic N) is 4. The Morgan fingerprint density at radius 1 is 1.08 bits per heavy atom. The van der Waals surface area contributed by atoms with Crippen molar-refractivity contribution in [2.24, 2.45) is 0 Å². The highest BCUT2D eigenvalue weighted by atomic mass is 15.3. The highest BCUT2D eigenvalue weighted by Crippen LogP contribution is 2.18. The number of hydrogen-bond acceptors (Lipinski definition) is 4. The van der Waals surface area contributed by atoms with Crippen molar-refractivity contribution < 1.29 is 0 Å². The highest BCUT2D eigenvalue weighted by molar-refractivity contribution is 5.44. The van der Waals surface area contributed by atoms with Gasteiger partial charge in [0, 0.05) is 45.0 Å². The Labute approximate surface area is 153 Å². The zero-order chi connectivity index (χ0) is 17.6. The quantitative estimate of drug-likeness (QED) is 0.820. The van der Waals surface area contributed by atoms with Gasteiger partial charge in [-0.3, -0.25) is 14.8 Å². The lowest BCUT2D eigenvalue weighted by Gasteiger charge is -2.41. The van der Waals surface area contributed by atoms with E-state index in [9.17, 15) is 0 Å². The maximum absolute atomic E-state index is 4.55. The molecule has 0 bridgehead atoms. The molecule has 1 aromatic rings. The Balaban J connectivity index is 1.40. The predicted octanol–water partition coefficient (Wildman–Crippen LogP) is 2.93. The van der Waals surface area contributed by atoms with Crippen molar-refractivity contribution in [1.29, 1.82) is 0 Å². The minimum Gasteiger partial charge on any atom is -0.304 e. The van der Waals surface area contributed by atoms with Gasteiger partial charge in [0.1, 0.15) is 0 Å². The van der Waals surface area contributed by atoms with E-state index < -0.39 is 0 Å². The van der Waals surface area contributed by atoms with Gasteiger partial charge in [-0.1, -0.05) is 26.0 Å². The largest absolute Gasteiger partial charge is 0.304 e. The van der Waals surface area contributed by atoms with Gasteiger partial charge < -0.3 is 4.90 Å². The van der Waals surface area contributed by atoms with E-state index >= 15 is 0 Å². The fraction of sp³-hybridized carbons (Fsp3) is 0.667. The summed E-state index contributed by atoms with van der Waals surface area (Å²) >= 11 is 0. The first-order valence-corrected chi connectivity index (χ1v) is 9.89. The minimum atomic E-state index is 0.548. The number of piperazine rings is 1. The smallest absolute Gasteiger partial charge is 0.0627 e. The molecule has 0 radical (unpaired) electrons. The molecule has 0 spiro atoms. The lowest BCUT2D eigenvalue weighted by Crippen LogP contribution is -2.52. The Hall–Kier alpha value is -1.23. The molecule has 0 unspecified atom stereocenters. The van der Waals surface area contributed by atoms with Crippen molar-refractivity contribution in [3.05, 3.63) is 35.7 Å². The van der Waals surface area contributed by atoms with Crippen molar-refractivity contribution in [2.45, 2.75) is 38.6 Å². The number of likely N-dealkylation sites (N-methyl/N-ethyl adjacent to an activating group) is 1. The molecule has 2 aliphatic heterocycles. The lowest BCUT2D eigenvalue weighted by molar-refractivity contribution is 0.0709. The number of pyridine rings is 1. The van der Waals surface area contributed by atoms with Gasteiger partial charge in [-0.15, -0.1) is 0 Å². The fourth-order valence-corrected chi connectivity index (χ4v) is 3.83. The average molecular weight is 343 g/mol. The summed E-state index contributed by atoms with van der Waals surface area (Å²) in [6.45, 7) is 12.9. The molecule has 0 saturated carbocycles. The minimum absolute atomic E-state index is 0.548. The number of piperidine rings is 1. The van der Waals surface area contributed by atoms with Crippen molar-refractivity contribution in [1.82, 2.24) is 19.7 Å². The molecular formula is C21H34N4. The predicted molar refractivity (Wildman–Crippen MR) is 106 cm³/mol. The first-order chi connectivity index (χ1) is 12.1. The molecule has 0 N–H and O–H groups in total. The summed E-state index contributed by atoms with van der Waals surface area (Å²) in [4.78, 5) is 12.3. The third-order valence-corrected chi connectivity index (χ3v) is 5.74. The van der Waals surface area contributed by atoms with Crippen molar-refractivity contribution >= 4 is 6.08 Å². The van der Waals surface area contributed by atoms with E-state index in [-0.39, 0.29) is 0 Å². The zero-order valence-electron chi connectivity index (χ0n) is 16.2. The molecule has 2 aliphatic rings. The number of aromatic nitrogens is 1. The van der Waals surface area contributed by atoms with Crippen LogP contribution in [0.15, 0.2) is 24.4 Å². The Kier molecular flexibility index (Phi) is 6.63. The molecule has 3 rings (SSSR count). The van der Waals surface area contributed by atoms with Gasteiger partial charge >= 0.3 is 0 Å². The van der Waals surface area contributed by atoms with Gasteiger partial charge in [0.05, 0.1) is 5.69 Å². The molecule has 2 saturated heterocycles. The fourth-order valence-electron chi connectivity index (χ4n) is 3.83. The maximum atomic E-state index is 4.55. The second kappa shape index (κ2) is 8.93. The molecule has 2 fully saturated rings. The van der Waals surface area contributed by atoms with Crippen LogP contribution < -0.4 is 0 Å². The molecule has 0 aromatic carbocycles. The van der Waals surface area contributed by atoms with Crippen molar-refractivity contribution in [3.8, 4) is 0 Å². The summed E-state index contributed by atoms with van der Waals surface area (Å²) in [5, 5.41) is 0. The molecule has 0 atom stereocenters. The van der Waals surface area contributed by atoms with E-state index in [4.69, 9.17) is 0 Å². The van der Waals surface area contributed by atoms with Crippen LogP contribution in [0.5, 0.6) is 0 Å². The van der Waals surface area contributed by atoms with Crippen LogP contribution in [0.25, 0.3) is 6.08 Å². The third-order valence-electron chi connectivity index (χ3n) is 5.74. The molecule has 138 valence electrons. The first-order valence-electron chi connectivity index (χ1n) is 9.89. The van der Waals surface area contributed by atoms with Crippen LogP contribution in [0.3, 0.4) is 0 Å². The number of likely N-dealkylation sites (tertiary alicyclic amines) is 1. The second-order valence-electron chi connectivity index (χ2n) is 7.94. The summed E-state index contributed by atoms with van der Waals surface area (Å²) in [6.07, 6.45) is 9.08. The van der Waals surface area contributed by atoms with E-state index in [2.05, 4.69) is 64.9 Å². The first kappa shape index (κ1) is 18.6. The molecule has 0 amide bonds. The van der Waals surface area contributed by atoms with Gasteiger partial charge in [-0.05, 0) is 56.6 Å². The van der Waals surface area contributed by atoms with Crippen LogP contribution in [0.2, 0.25) is 0 Å². The topological polar surface area (TPSA) is 22.6 Å². The van der Waals surface area contributed by atoms with E-state index in [0.717, 1.165) is 18.3 Å². The van der Waals surface area contributed by atoms with Crippen LogP contribution in [-0.4, -0.2) is 78.6 Å². The molecule has 25 heavy (non-hydrogen) atoms. The molecule has 4 heteroatoms. The molecule has 4 nitrogen and oxygen atoms in total. The van der Waals surface area contributed by atoms with Crippen LogP contribution >= 0.6 is 0 Å². The van der Waals surface area contributed by atoms with Crippen LogP contribution in [0.1, 0.15) is 43.9 Å². The summed E-state index contributed by atoms with van der Waals surface area (Å²) < 4.78 is 0. The van der Waals surface area contributed by atoms with Gasteiger partial charge in [0.25, 0.3) is 0 Å². The second-order valence-corrected chi connectivity index (χ2v) is 7.94. The van der Waals surface area contributed by atoms with Crippen LogP contribution in [-0.2, 0) is 0 Å². The molecular weight excluding hydrogens is 308 g/mol. The Morgan fingerprint density at radius 3 is 2.40 bits per heavy atom. The van der Waals surface area contributed by atoms with E-state index in [1.54, 1.807) is 0 Å². The summed E-state index contributed by atoms with van der Waals surface area (Å²) in [5.41, 5.74) is 2.37. The summed E-state index contributed by atoms with van der Waals surface area (Å²) in [6, 6.07) is 5.13. The normalized spacial score (nSPS) is 22.2. The maximum Gasteiger partial charge on any atom is 0.0627 e. The highest BCUT2D eigenvalue weighted by Gasteiger charge is 2.26. The summed E-state index contributed by atoms with van der Waals surface area (Å²) in [5.74, 6) is 0.548. The van der Waals surface area contributed by atoms with Gasteiger partial charge in [-0.2, -0.15) is 0 Å². The van der Waals surface area contributed by atoms with Crippen LogP contribution in [0, 0.1) is 0 Å². The number of hydrogen-bond donors (Lipinski definition) is 0. The van der Waals surface area contributed by atoms with Gasteiger partial charge in [0.2, 0.25) is 0 Å². The van der Waals surface area contributed by atoms with E-state index in [1.807, 2.05) is 6.20 Å². The Morgan fingerprint density at radius 2 is 1.80 bits per heavy atom. The van der Waals surface area contributed by atoms with Crippen molar-refractivity contribution in [2.75, 3.05) is 52.9 Å². The van der Waals surface area contributed by atoms with E-state index in [1.165, 1.54) is 57.7 Å². The lowest BCUT2D eigenvalue weighted by atomic mass is 10.0. The summed E-state index contributed by atoms with van der Waals surface area (Å²) in [7, 11) is 2.23. The zero-order valence-corrected chi connectivity index (χ0v) is 16.2. The average Bonchev–Trinajstić information content (AvgIpc) is 2.63. The van der Waals surface area contributed by atoms with Crippen molar-refractivity contribution in [3.63, 3.8) is 0 Å².